The number of carboxylic acids is 1. The lowest BCUT2D eigenvalue weighted by Crippen LogP contribution is -2.37. The van der Waals surface area contributed by atoms with Crippen LogP contribution in [0.5, 0.6) is 0 Å². The lowest BCUT2D eigenvalue weighted by atomic mass is 10.1. The molecular weight excluding hydrogens is 525 g/mol. The first-order valence-electron chi connectivity index (χ1n) is 13.5. The molecule has 12 heteroatoms. The van der Waals surface area contributed by atoms with Crippen LogP contribution < -0.4 is 10.6 Å². The van der Waals surface area contributed by atoms with Gasteiger partial charge >= 0.3 is 12.1 Å². The summed E-state index contributed by atoms with van der Waals surface area (Å²) in [4.78, 5) is 27.0. The van der Waals surface area contributed by atoms with Gasteiger partial charge in [-0.3, -0.25) is 0 Å². The molecule has 1 unspecified atom stereocenters. The number of unbranched alkanes of at least 4 members (excludes halogenated alkanes) is 1. The van der Waals surface area contributed by atoms with Gasteiger partial charge in [0.1, 0.15) is 24.0 Å². The van der Waals surface area contributed by atoms with Gasteiger partial charge in [0.25, 0.3) is 0 Å². The molecule has 0 radical (unpaired) electrons. The summed E-state index contributed by atoms with van der Waals surface area (Å²) in [5, 5.41) is 16.5. The van der Waals surface area contributed by atoms with Crippen LogP contribution in [0.4, 0.5) is 24.8 Å². The third kappa shape index (κ3) is 8.01. The molecule has 1 aliphatic heterocycles. The standard InChI is InChI=1S/C28H35F3N6O3/c1-40-16-15-37(13-3-2-6-21-9-7-19-5-4-12-32-25(19)35-21)14-11-23(27(38)39)36-26-22-10-8-20(28(29,30)31)17-24(22)33-18-34-26/h7-10,17-18,23H,2-6,11-16H2,1H3,(H,32,35)(H,38,39)(H,33,34,36). The molecule has 1 aromatic carbocycles. The van der Waals surface area contributed by atoms with Crippen LogP contribution in [0.15, 0.2) is 36.7 Å². The number of carboxylic acid groups (broad SMARTS) is 1. The number of ether oxygens (including phenoxy) is 1. The smallest absolute Gasteiger partial charge is 0.416 e. The minimum Gasteiger partial charge on any atom is -0.480 e. The number of halogens is 3. The van der Waals surface area contributed by atoms with E-state index in [0.717, 1.165) is 75.2 Å². The molecule has 4 rings (SSSR count). The van der Waals surface area contributed by atoms with Crippen LogP contribution in [0.2, 0.25) is 0 Å². The minimum atomic E-state index is -4.50. The monoisotopic (exact) mass is 560 g/mol. The Morgan fingerprint density at radius 2 is 2.02 bits per heavy atom. The normalized spacial score (nSPS) is 14.1. The highest BCUT2D eigenvalue weighted by Crippen LogP contribution is 2.32. The summed E-state index contributed by atoms with van der Waals surface area (Å²) in [6.07, 6.45) is 1.80. The number of hydrogen-bond donors (Lipinski definition) is 3. The van der Waals surface area contributed by atoms with Gasteiger partial charge in [-0.1, -0.05) is 6.07 Å². The summed E-state index contributed by atoms with van der Waals surface area (Å²) in [5.74, 6) is 0.106. The maximum Gasteiger partial charge on any atom is 0.416 e. The van der Waals surface area contributed by atoms with Crippen LogP contribution in [0, 0.1) is 0 Å². The van der Waals surface area contributed by atoms with Crippen molar-refractivity contribution in [2.24, 2.45) is 0 Å². The van der Waals surface area contributed by atoms with Gasteiger partial charge in [0, 0.05) is 37.8 Å². The molecule has 1 atom stereocenters. The molecule has 9 nitrogen and oxygen atoms in total. The molecular formula is C28H35F3N6O3. The van der Waals surface area contributed by atoms with E-state index < -0.39 is 23.8 Å². The summed E-state index contributed by atoms with van der Waals surface area (Å²) in [5.41, 5.74) is 1.59. The number of alkyl halides is 3. The second-order valence-electron chi connectivity index (χ2n) is 9.91. The van der Waals surface area contributed by atoms with Gasteiger partial charge in [-0.25, -0.2) is 19.7 Å². The molecule has 0 saturated carbocycles. The fraction of sp³-hybridized carbons (Fsp3) is 0.500. The van der Waals surface area contributed by atoms with Gasteiger partial charge in [-0.2, -0.15) is 13.2 Å². The third-order valence-corrected chi connectivity index (χ3v) is 7.03. The number of aryl methyl sites for hydroxylation is 2. The Morgan fingerprint density at radius 3 is 2.80 bits per heavy atom. The first kappa shape index (κ1) is 29.5. The largest absolute Gasteiger partial charge is 0.480 e. The fourth-order valence-electron chi connectivity index (χ4n) is 4.79. The van der Waals surface area contributed by atoms with Crippen LogP contribution >= 0.6 is 0 Å². The SMILES string of the molecule is COCCN(CCCCc1ccc2c(n1)NCCC2)CCC(Nc1ncnc2cc(C(F)(F)F)ccc12)C(=O)O. The number of carbonyl (C=O) groups is 1. The summed E-state index contributed by atoms with van der Waals surface area (Å²) in [7, 11) is 1.63. The number of methoxy groups -OCH3 is 1. The molecule has 0 aliphatic carbocycles. The van der Waals surface area contributed by atoms with Gasteiger partial charge in [0.2, 0.25) is 0 Å². The lowest BCUT2D eigenvalue weighted by Gasteiger charge is -2.24. The number of fused-ring (bicyclic) bond motifs is 2. The number of aliphatic carboxylic acids is 1. The molecule has 1 aliphatic rings. The van der Waals surface area contributed by atoms with E-state index in [0.29, 0.717) is 25.1 Å². The van der Waals surface area contributed by atoms with Crippen molar-refractivity contribution in [1.29, 1.82) is 0 Å². The zero-order chi connectivity index (χ0) is 28.5. The first-order valence-corrected chi connectivity index (χ1v) is 13.5. The van der Waals surface area contributed by atoms with E-state index in [1.165, 1.54) is 11.6 Å². The van der Waals surface area contributed by atoms with Crippen LogP contribution in [-0.4, -0.2) is 76.9 Å². The van der Waals surface area contributed by atoms with Crippen molar-refractivity contribution in [1.82, 2.24) is 19.9 Å². The predicted molar refractivity (Wildman–Crippen MR) is 147 cm³/mol. The van der Waals surface area contributed by atoms with Gasteiger partial charge in [0.15, 0.2) is 0 Å². The maximum atomic E-state index is 13.1. The third-order valence-electron chi connectivity index (χ3n) is 7.03. The molecule has 0 fully saturated rings. The van der Waals surface area contributed by atoms with Crippen molar-refractivity contribution >= 4 is 28.5 Å². The Hall–Kier alpha value is -3.51. The van der Waals surface area contributed by atoms with E-state index in [1.54, 1.807) is 7.11 Å². The summed E-state index contributed by atoms with van der Waals surface area (Å²) >= 11 is 0. The lowest BCUT2D eigenvalue weighted by molar-refractivity contribution is -0.138. The number of hydrogen-bond acceptors (Lipinski definition) is 8. The van der Waals surface area contributed by atoms with E-state index in [9.17, 15) is 23.1 Å². The number of benzene rings is 1. The highest BCUT2D eigenvalue weighted by atomic mass is 19.4. The van der Waals surface area contributed by atoms with Crippen molar-refractivity contribution < 1.29 is 27.8 Å². The number of aromatic nitrogens is 3. The molecule has 3 N–H and O–H groups in total. The average Bonchev–Trinajstić information content (AvgIpc) is 2.94. The van der Waals surface area contributed by atoms with E-state index >= 15 is 0 Å². The van der Waals surface area contributed by atoms with E-state index in [-0.39, 0.29) is 17.8 Å². The number of nitrogens with one attached hydrogen (secondary N) is 2. The molecule has 40 heavy (non-hydrogen) atoms. The van der Waals surface area contributed by atoms with E-state index in [1.807, 2.05) is 0 Å². The molecule has 0 spiro atoms. The molecule has 2 aromatic heterocycles. The Labute approximate surface area is 231 Å². The second-order valence-corrected chi connectivity index (χ2v) is 9.91. The van der Waals surface area contributed by atoms with Crippen LogP contribution in [-0.2, 0) is 28.5 Å². The summed E-state index contributed by atoms with van der Waals surface area (Å²) in [6, 6.07) is 6.40. The second kappa shape index (κ2) is 13.7. The molecule has 216 valence electrons. The number of nitrogens with zero attached hydrogens (tertiary/aromatic N) is 4. The summed E-state index contributed by atoms with van der Waals surface area (Å²) in [6.45, 7) is 3.39. The molecule has 0 saturated heterocycles. The minimum absolute atomic E-state index is 0.0855. The number of rotatable bonds is 14. The van der Waals surface area contributed by atoms with Crippen molar-refractivity contribution in [3.8, 4) is 0 Å². The maximum absolute atomic E-state index is 13.1. The zero-order valence-corrected chi connectivity index (χ0v) is 22.5. The van der Waals surface area contributed by atoms with Gasteiger partial charge in [-0.05, 0) is 74.9 Å². The predicted octanol–water partition coefficient (Wildman–Crippen LogP) is 4.63. The summed E-state index contributed by atoms with van der Waals surface area (Å²) < 4.78 is 44.5. The first-order chi connectivity index (χ1) is 19.2. The van der Waals surface area contributed by atoms with Crippen LogP contribution in [0.3, 0.4) is 0 Å². The van der Waals surface area contributed by atoms with Crippen molar-refractivity contribution in [2.75, 3.05) is 50.5 Å². The van der Waals surface area contributed by atoms with Crippen LogP contribution in [0.1, 0.15) is 42.5 Å². The van der Waals surface area contributed by atoms with Crippen molar-refractivity contribution in [3.05, 3.63) is 53.5 Å². The number of anilines is 2. The zero-order valence-electron chi connectivity index (χ0n) is 22.5. The molecule has 0 amide bonds. The average molecular weight is 561 g/mol. The van der Waals surface area contributed by atoms with Crippen molar-refractivity contribution in [2.45, 2.75) is 50.7 Å². The Morgan fingerprint density at radius 1 is 1.18 bits per heavy atom. The topological polar surface area (TPSA) is 113 Å². The van der Waals surface area contributed by atoms with Gasteiger partial charge < -0.3 is 25.4 Å². The highest BCUT2D eigenvalue weighted by Gasteiger charge is 2.31. The molecule has 3 heterocycles. The van der Waals surface area contributed by atoms with Gasteiger partial charge in [-0.15, -0.1) is 0 Å². The van der Waals surface area contributed by atoms with E-state index in [2.05, 4.69) is 37.6 Å². The van der Waals surface area contributed by atoms with E-state index in [4.69, 9.17) is 9.72 Å². The fourth-order valence-corrected chi connectivity index (χ4v) is 4.79. The Balaban J connectivity index is 1.33. The Bertz CT molecular complexity index is 1290. The Kier molecular flexibility index (Phi) is 10.1. The quantitative estimate of drug-likeness (QED) is 0.243. The number of pyridine rings is 1. The molecule has 0 bridgehead atoms. The van der Waals surface area contributed by atoms with Crippen molar-refractivity contribution in [3.63, 3.8) is 0 Å². The highest BCUT2D eigenvalue weighted by molar-refractivity contribution is 5.91. The van der Waals surface area contributed by atoms with Crippen LogP contribution in [0.25, 0.3) is 10.9 Å². The van der Waals surface area contributed by atoms with Gasteiger partial charge in [0.05, 0.1) is 17.7 Å². The molecule has 3 aromatic rings.